The van der Waals surface area contributed by atoms with Crippen molar-refractivity contribution in [1.29, 1.82) is 0 Å². The fourth-order valence-electron chi connectivity index (χ4n) is 4.11. The first-order chi connectivity index (χ1) is 12.8. The van der Waals surface area contributed by atoms with E-state index in [4.69, 9.17) is 5.11 Å². The lowest BCUT2D eigenvalue weighted by Gasteiger charge is -2.32. The van der Waals surface area contributed by atoms with Gasteiger partial charge in [-0.25, -0.2) is 13.6 Å². The normalized spacial score (nSPS) is 23.0. The highest BCUT2D eigenvalue weighted by Crippen LogP contribution is 2.41. The van der Waals surface area contributed by atoms with Crippen LogP contribution in [0.1, 0.15) is 56.4 Å². The molecule has 1 heterocycles. The molecule has 1 aliphatic carbocycles. The molecule has 1 aromatic carbocycles. The van der Waals surface area contributed by atoms with Crippen LogP contribution in [0.4, 0.5) is 19.3 Å². The van der Waals surface area contributed by atoms with Crippen LogP contribution in [0.5, 0.6) is 0 Å². The number of nitrogens with zero attached hydrogens (tertiary/aromatic N) is 1. The molecule has 148 valence electrons. The number of amides is 2. The molecule has 1 unspecified atom stereocenters. The maximum Gasteiger partial charge on any atom is 0.321 e. The largest absolute Gasteiger partial charge is 0.481 e. The minimum absolute atomic E-state index is 0.0164. The van der Waals surface area contributed by atoms with Crippen LogP contribution in [0.3, 0.4) is 0 Å². The third-order valence-corrected chi connectivity index (χ3v) is 5.60. The number of halogens is 2. The van der Waals surface area contributed by atoms with Crippen molar-refractivity contribution in [2.75, 3.05) is 18.4 Å². The molecule has 5 nitrogen and oxygen atoms in total. The van der Waals surface area contributed by atoms with Crippen LogP contribution in [-0.4, -0.2) is 41.0 Å². The fraction of sp³-hybridized carbons (Fsp3) is 0.600. The van der Waals surface area contributed by atoms with Gasteiger partial charge in [-0.05, 0) is 55.2 Å². The Kier molecular flexibility index (Phi) is 5.97. The first kappa shape index (κ1) is 19.6. The van der Waals surface area contributed by atoms with Crippen LogP contribution in [0.25, 0.3) is 0 Å². The highest BCUT2D eigenvalue weighted by molar-refractivity contribution is 5.89. The molecule has 27 heavy (non-hydrogen) atoms. The summed E-state index contributed by atoms with van der Waals surface area (Å²) in [6.45, 7) is 1.05. The number of alkyl halides is 2. The first-order valence-electron chi connectivity index (χ1n) is 9.58. The summed E-state index contributed by atoms with van der Waals surface area (Å²) < 4.78 is 26.7. The zero-order valence-corrected chi connectivity index (χ0v) is 15.3. The molecule has 2 amide bonds. The van der Waals surface area contributed by atoms with Gasteiger partial charge in [-0.2, -0.15) is 0 Å². The van der Waals surface area contributed by atoms with Gasteiger partial charge in [0, 0.05) is 38.0 Å². The van der Waals surface area contributed by atoms with E-state index in [1.807, 2.05) is 18.2 Å². The predicted octanol–water partition coefficient (Wildman–Crippen LogP) is 4.70. The van der Waals surface area contributed by atoms with E-state index in [9.17, 15) is 18.4 Å². The Bertz CT molecular complexity index is 686. The molecule has 7 heteroatoms. The highest BCUT2D eigenvalue weighted by Gasteiger charge is 2.35. The summed E-state index contributed by atoms with van der Waals surface area (Å²) >= 11 is 0. The van der Waals surface area contributed by atoms with Crippen LogP contribution in [0.15, 0.2) is 24.3 Å². The molecule has 1 atom stereocenters. The summed E-state index contributed by atoms with van der Waals surface area (Å²) in [6.07, 6.45) is 2.41. The number of likely N-dealkylation sites (tertiary alicyclic amines) is 1. The van der Waals surface area contributed by atoms with Crippen molar-refractivity contribution in [3.05, 3.63) is 29.8 Å². The summed E-state index contributed by atoms with van der Waals surface area (Å²) in [7, 11) is 0. The van der Waals surface area contributed by atoms with Crippen LogP contribution in [0.2, 0.25) is 0 Å². The Balaban J connectivity index is 1.59. The second kappa shape index (κ2) is 8.23. The Morgan fingerprint density at radius 3 is 2.67 bits per heavy atom. The van der Waals surface area contributed by atoms with E-state index in [0.717, 1.165) is 18.4 Å². The minimum Gasteiger partial charge on any atom is -0.481 e. The van der Waals surface area contributed by atoms with Gasteiger partial charge in [-0.3, -0.25) is 4.79 Å². The van der Waals surface area contributed by atoms with Gasteiger partial charge in [0.1, 0.15) is 0 Å². The van der Waals surface area contributed by atoms with Crippen molar-refractivity contribution in [2.45, 2.75) is 56.8 Å². The van der Waals surface area contributed by atoms with Gasteiger partial charge < -0.3 is 15.3 Å². The monoisotopic (exact) mass is 380 g/mol. The van der Waals surface area contributed by atoms with E-state index in [1.54, 1.807) is 11.0 Å². The molecule has 0 aromatic heterocycles. The topological polar surface area (TPSA) is 69.6 Å². The van der Waals surface area contributed by atoms with Crippen LogP contribution >= 0.6 is 0 Å². The molecule has 1 saturated carbocycles. The van der Waals surface area contributed by atoms with Gasteiger partial charge in [-0.1, -0.05) is 12.1 Å². The lowest BCUT2D eigenvalue weighted by atomic mass is 9.82. The van der Waals surface area contributed by atoms with E-state index < -0.39 is 11.9 Å². The molecular formula is C20H26F2N2O3. The Labute approximate surface area is 157 Å². The Morgan fingerprint density at radius 1 is 1.22 bits per heavy atom. The van der Waals surface area contributed by atoms with E-state index in [2.05, 4.69) is 5.32 Å². The van der Waals surface area contributed by atoms with Gasteiger partial charge >= 0.3 is 12.0 Å². The summed E-state index contributed by atoms with van der Waals surface area (Å²) in [5, 5.41) is 11.8. The molecule has 0 bridgehead atoms. The minimum atomic E-state index is -2.55. The van der Waals surface area contributed by atoms with Crippen LogP contribution < -0.4 is 5.32 Å². The molecule has 1 aromatic rings. The summed E-state index contributed by atoms with van der Waals surface area (Å²) in [4.78, 5) is 25.1. The second-order valence-corrected chi connectivity index (χ2v) is 7.74. The summed E-state index contributed by atoms with van der Waals surface area (Å²) in [5.41, 5.74) is 1.63. The van der Waals surface area contributed by atoms with Crippen molar-refractivity contribution < 1.29 is 23.5 Å². The van der Waals surface area contributed by atoms with Crippen molar-refractivity contribution in [3.8, 4) is 0 Å². The number of urea groups is 1. The molecule has 1 saturated heterocycles. The van der Waals surface area contributed by atoms with Gasteiger partial charge in [0.2, 0.25) is 5.92 Å². The number of carboxylic acids is 1. The number of hydrogen-bond acceptors (Lipinski definition) is 2. The molecule has 2 N–H and O–H groups in total. The lowest BCUT2D eigenvalue weighted by molar-refractivity contribution is -0.138. The number of nitrogens with one attached hydrogen (secondary N) is 1. The van der Waals surface area contributed by atoms with Crippen LogP contribution in [0, 0.1) is 5.92 Å². The average molecular weight is 380 g/mol. The number of carboxylic acid groups (broad SMARTS) is 1. The number of benzene rings is 1. The molecule has 2 fully saturated rings. The van der Waals surface area contributed by atoms with Gasteiger partial charge in [0.15, 0.2) is 0 Å². The smallest absolute Gasteiger partial charge is 0.321 e. The van der Waals surface area contributed by atoms with Gasteiger partial charge in [-0.15, -0.1) is 0 Å². The SMILES string of the molecule is O=C(O)CC1CCCN(C(=O)Nc2cccc(C3CCC(F)(F)CC3)c2)C1. The molecule has 3 rings (SSSR count). The standard InChI is InChI=1S/C20H26F2N2O3/c21-20(22)8-6-15(7-9-20)16-4-1-5-17(12-16)23-19(27)24-10-2-3-14(13-24)11-18(25)26/h1,4-5,12,14-15H,2-3,6-11,13H2,(H,23,27)(H,25,26). The number of carbonyl (C=O) groups excluding carboxylic acids is 1. The third kappa shape index (κ3) is 5.40. The van der Waals surface area contributed by atoms with Gasteiger partial charge in [0.05, 0.1) is 0 Å². The number of rotatable bonds is 4. The lowest BCUT2D eigenvalue weighted by Crippen LogP contribution is -2.42. The molecule has 2 aliphatic rings. The van der Waals surface area contributed by atoms with E-state index in [1.165, 1.54) is 0 Å². The van der Waals surface area contributed by atoms with Crippen molar-refractivity contribution in [2.24, 2.45) is 5.92 Å². The number of hydrogen-bond donors (Lipinski definition) is 2. The zero-order valence-electron chi connectivity index (χ0n) is 15.3. The Morgan fingerprint density at radius 2 is 1.96 bits per heavy atom. The quantitative estimate of drug-likeness (QED) is 0.796. The Hall–Kier alpha value is -2.18. The molecule has 1 aliphatic heterocycles. The van der Waals surface area contributed by atoms with Crippen molar-refractivity contribution in [3.63, 3.8) is 0 Å². The molecular weight excluding hydrogens is 354 g/mol. The van der Waals surface area contributed by atoms with E-state index in [0.29, 0.717) is 31.6 Å². The maximum absolute atomic E-state index is 13.4. The van der Waals surface area contributed by atoms with Crippen LogP contribution in [-0.2, 0) is 4.79 Å². The average Bonchev–Trinajstić information content (AvgIpc) is 2.61. The zero-order chi connectivity index (χ0) is 19.4. The van der Waals surface area contributed by atoms with Gasteiger partial charge in [0.25, 0.3) is 0 Å². The number of anilines is 1. The maximum atomic E-state index is 13.4. The second-order valence-electron chi connectivity index (χ2n) is 7.74. The fourth-order valence-corrected chi connectivity index (χ4v) is 4.11. The molecule has 0 radical (unpaired) electrons. The number of piperidine rings is 1. The first-order valence-corrected chi connectivity index (χ1v) is 9.58. The molecule has 0 spiro atoms. The van der Waals surface area contributed by atoms with E-state index >= 15 is 0 Å². The summed E-state index contributed by atoms with van der Waals surface area (Å²) in [6, 6.07) is 7.18. The van der Waals surface area contributed by atoms with Crippen molar-refractivity contribution in [1.82, 2.24) is 4.90 Å². The number of carbonyl (C=O) groups is 2. The van der Waals surface area contributed by atoms with E-state index in [-0.39, 0.29) is 37.1 Å². The third-order valence-electron chi connectivity index (χ3n) is 5.60. The number of aliphatic carboxylic acids is 1. The summed E-state index contributed by atoms with van der Waals surface area (Å²) in [5.74, 6) is -3.31. The highest BCUT2D eigenvalue weighted by atomic mass is 19.3. The van der Waals surface area contributed by atoms with Crippen molar-refractivity contribution >= 4 is 17.7 Å². The predicted molar refractivity (Wildman–Crippen MR) is 98.2 cm³/mol.